The lowest BCUT2D eigenvalue weighted by atomic mass is 10.1. The molecule has 0 atom stereocenters. The number of fused-ring (bicyclic) bond motifs is 1. The number of benzene rings is 2. The first-order valence-electron chi connectivity index (χ1n) is 9.51. The van der Waals surface area contributed by atoms with Crippen LogP contribution in [-0.4, -0.2) is 33.2 Å². The van der Waals surface area contributed by atoms with E-state index in [-0.39, 0.29) is 4.90 Å². The average Bonchev–Trinajstić information content (AvgIpc) is 3.23. The van der Waals surface area contributed by atoms with Crippen LogP contribution in [0.4, 0.5) is 5.69 Å². The van der Waals surface area contributed by atoms with Gasteiger partial charge < -0.3 is 0 Å². The smallest absolute Gasteiger partial charge is 0.261 e. The predicted octanol–water partition coefficient (Wildman–Crippen LogP) is 4.42. The van der Waals surface area contributed by atoms with Gasteiger partial charge in [0.05, 0.1) is 10.6 Å². The molecule has 0 saturated heterocycles. The molecule has 0 aliphatic heterocycles. The van der Waals surface area contributed by atoms with E-state index < -0.39 is 10.0 Å². The Labute approximate surface area is 192 Å². The molecule has 0 unspecified atom stereocenters. The van der Waals surface area contributed by atoms with Gasteiger partial charge in [-0.2, -0.15) is 9.61 Å². The van der Waals surface area contributed by atoms with Gasteiger partial charge in [0, 0.05) is 33.7 Å². The molecule has 0 fully saturated rings. The highest BCUT2D eigenvalue weighted by Crippen LogP contribution is 2.25. The molecule has 0 saturated carbocycles. The van der Waals surface area contributed by atoms with E-state index in [1.54, 1.807) is 47.2 Å². The molecule has 0 radical (unpaired) electrons. The number of rotatable bonds is 5. The molecule has 1 N–H and O–H groups in total. The quantitative estimate of drug-likeness (QED) is 0.378. The molecule has 0 bridgehead atoms. The summed E-state index contributed by atoms with van der Waals surface area (Å²) in [6.45, 7) is 0. The van der Waals surface area contributed by atoms with Crippen LogP contribution in [0.3, 0.4) is 0 Å². The zero-order valence-electron chi connectivity index (χ0n) is 16.4. The second-order valence-corrected chi connectivity index (χ2v) is 9.49. The Morgan fingerprint density at radius 1 is 0.875 bits per heavy atom. The third-order valence-corrected chi connectivity index (χ3v) is 6.64. The van der Waals surface area contributed by atoms with Gasteiger partial charge in [-0.05, 0) is 60.7 Å². The fraction of sp³-hybridized carbons (Fsp3) is 0. The van der Waals surface area contributed by atoms with Crippen molar-refractivity contribution in [3.8, 4) is 22.6 Å². The molecule has 0 spiro atoms. The summed E-state index contributed by atoms with van der Waals surface area (Å²) in [6, 6.07) is 20.8. The molecule has 3 heterocycles. The lowest BCUT2D eigenvalue weighted by molar-refractivity contribution is 0.601. The van der Waals surface area contributed by atoms with E-state index in [2.05, 4.69) is 40.9 Å². The van der Waals surface area contributed by atoms with E-state index in [1.165, 1.54) is 12.1 Å². The lowest BCUT2D eigenvalue weighted by Gasteiger charge is -2.10. The van der Waals surface area contributed by atoms with Gasteiger partial charge in [0.15, 0.2) is 11.5 Å². The van der Waals surface area contributed by atoms with E-state index in [1.807, 2.05) is 30.3 Å². The van der Waals surface area contributed by atoms with Crippen LogP contribution in [0, 0.1) is 0 Å². The zero-order chi connectivity index (χ0) is 22.1. The molecule has 10 heteroatoms. The summed E-state index contributed by atoms with van der Waals surface area (Å²) in [6.07, 6.45) is 3.38. The Hall–Kier alpha value is -3.63. The Balaban J connectivity index is 1.50. The van der Waals surface area contributed by atoms with Crippen molar-refractivity contribution in [2.24, 2.45) is 0 Å². The minimum Gasteiger partial charge on any atom is -0.280 e. The fourth-order valence-electron chi connectivity index (χ4n) is 3.19. The van der Waals surface area contributed by atoms with Crippen molar-refractivity contribution in [2.75, 3.05) is 4.72 Å². The van der Waals surface area contributed by atoms with E-state index in [0.717, 1.165) is 15.6 Å². The first-order chi connectivity index (χ1) is 15.5. The second-order valence-electron chi connectivity index (χ2n) is 6.89. The summed E-state index contributed by atoms with van der Waals surface area (Å²) in [5, 5.41) is 13.1. The predicted molar refractivity (Wildman–Crippen MR) is 124 cm³/mol. The second kappa shape index (κ2) is 8.13. The van der Waals surface area contributed by atoms with Crippen LogP contribution >= 0.6 is 15.9 Å². The maximum Gasteiger partial charge on any atom is 0.261 e. The number of aromatic nitrogens is 5. The van der Waals surface area contributed by atoms with Gasteiger partial charge in [0.1, 0.15) is 0 Å². The van der Waals surface area contributed by atoms with Crippen molar-refractivity contribution < 1.29 is 8.42 Å². The van der Waals surface area contributed by atoms with Crippen molar-refractivity contribution in [1.82, 2.24) is 24.8 Å². The topological polar surface area (TPSA) is 102 Å². The van der Waals surface area contributed by atoms with Gasteiger partial charge in [0.25, 0.3) is 10.0 Å². The molecular formula is C22H15BrN6O2S. The molecule has 5 aromatic rings. The van der Waals surface area contributed by atoms with Crippen molar-refractivity contribution in [3.63, 3.8) is 0 Å². The average molecular weight is 507 g/mol. The molecule has 0 aliphatic carbocycles. The van der Waals surface area contributed by atoms with Crippen LogP contribution in [0.1, 0.15) is 0 Å². The molecule has 3 aromatic heterocycles. The lowest BCUT2D eigenvalue weighted by Crippen LogP contribution is -2.12. The molecule has 0 amide bonds. The number of nitrogens with zero attached hydrogens (tertiary/aromatic N) is 5. The third-order valence-electron chi connectivity index (χ3n) is 4.72. The van der Waals surface area contributed by atoms with E-state index in [9.17, 15) is 8.42 Å². The van der Waals surface area contributed by atoms with Crippen LogP contribution in [0.5, 0.6) is 0 Å². The van der Waals surface area contributed by atoms with Crippen LogP contribution in [0.25, 0.3) is 28.3 Å². The van der Waals surface area contributed by atoms with Gasteiger partial charge in [-0.15, -0.1) is 10.2 Å². The molecule has 158 valence electrons. The summed E-state index contributed by atoms with van der Waals surface area (Å²) < 4.78 is 30.5. The largest absolute Gasteiger partial charge is 0.280 e. The first-order valence-corrected chi connectivity index (χ1v) is 11.8. The monoisotopic (exact) mass is 506 g/mol. The standard InChI is InChI=1S/C22H15BrN6O2S/c23-17-6-8-19(9-7-17)32(30,31)28-18-5-1-3-15(13-18)20-10-11-21-25-26-22(29(21)27-20)16-4-2-12-24-14-16/h1-14,28H. The fourth-order valence-corrected chi connectivity index (χ4v) is 4.50. The Morgan fingerprint density at radius 3 is 2.47 bits per heavy atom. The highest BCUT2D eigenvalue weighted by molar-refractivity contribution is 9.10. The van der Waals surface area contributed by atoms with Crippen molar-refractivity contribution >= 4 is 37.3 Å². The molecule has 5 rings (SSSR count). The van der Waals surface area contributed by atoms with Gasteiger partial charge in [-0.25, -0.2) is 8.42 Å². The summed E-state index contributed by atoms with van der Waals surface area (Å²) >= 11 is 3.31. The zero-order valence-corrected chi connectivity index (χ0v) is 18.8. The number of hydrogen-bond donors (Lipinski definition) is 1. The van der Waals surface area contributed by atoms with E-state index in [4.69, 9.17) is 0 Å². The van der Waals surface area contributed by atoms with Crippen molar-refractivity contribution in [2.45, 2.75) is 4.90 Å². The van der Waals surface area contributed by atoms with Crippen LogP contribution in [0.15, 0.2) is 94.6 Å². The third kappa shape index (κ3) is 3.97. The Kier molecular flexibility index (Phi) is 5.16. The number of anilines is 1. The minimum atomic E-state index is -3.72. The van der Waals surface area contributed by atoms with Gasteiger partial charge >= 0.3 is 0 Å². The molecule has 32 heavy (non-hydrogen) atoms. The van der Waals surface area contributed by atoms with E-state index >= 15 is 0 Å². The number of halogens is 1. The SMILES string of the molecule is O=S(=O)(Nc1cccc(-c2ccc3nnc(-c4cccnc4)n3n2)c1)c1ccc(Br)cc1. The van der Waals surface area contributed by atoms with Crippen LogP contribution in [0.2, 0.25) is 0 Å². The van der Waals surface area contributed by atoms with Gasteiger partial charge in [-0.3, -0.25) is 9.71 Å². The molecule has 8 nitrogen and oxygen atoms in total. The molecule has 0 aliphatic rings. The summed E-state index contributed by atoms with van der Waals surface area (Å²) in [4.78, 5) is 4.30. The summed E-state index contributed by atoms with van der Waals surface area (Å²) in [5.74, 6) is 0.571. The maximum absolute atomic E-state index is 12.7. The number of nitrogens with one attached hydrogen (secondary N) is 1. The normalized spacial score (nSPS) is 11.5. The Bertz CT molecular complexity index is 1520. The van der Waals surface area contributed by atoms with Crippen molar-refractivity contribution in [3.05, 3.63) is 89.7 Å². The van der Waals surface area contributed by atoms with E-state index in [0.29, 0.717) is 22.9 Å². The number of sulfonamides is 1. The highest BCUT2D eigenvalue weighted by Gasteiger charge is 2.15. The van der Waals surface area contributed by atoms with Crippen molar-refractivity contribution in [1.29, 1.82) is 0 Å². The molecular weight excluding hydrogens is 492 g/mol. The molecule has 2 aromatic carbocycles. The Morgan fingerprint density at radius 2 is 1.69 bits per heavy atom. The van der Waals surface area contributed by atoms with Crippen LogP contribution in [-0.2, 0) is 10.0 Å². The highest BCUT2D eigenvalue weighted by atomic mass is 79.9. The van der Waals surface area contributed by atoms with Gasteiger partial charge in [0.2, 0.25) is 0 Å². The summed E-state index contributed by atoms with van der Waals surface area (Å²) in [7, 11) is -3.72. The number of pyridine rings is 1. The van der Waals surface area contributed by atoms with Crippen LogP contribution < -0.4 is 4.72 Å². The number of hydrogen-bond acceptors (Lipinski definition) is 6. The maximum atomic E-state index is 12.7. The first kappa shape index (κ1) is 20.3. The summed E-state index contributed by atoms with van der Waals surface area (Å²) in [5.41, 5.74) is 3.21. The van der Waals surface area contributed by atoms with Gasteiger partial charge in [-0.1, -0.05) is 28.1 Å². The minimum absolute atomic E-state index is 0.177.